The van der Waals surface area contributed by atoms with Crippen LogP contribution in [0.4, 0.5) is 0 Å². The van der Waals surface area contributed by atoms with Gasteiger partial charge >= 0.3 is 5.97 Å². The van der Waals surface area contributed by atoms with Crippen LogP contribution in [0.5, 0.6) is 0 Å². The number of hydrogen-bond acceptors (Lipinski definition) is 3. The lowest BCUT2D eigenvalue weighted by Crippen LogP contribution is -2.23. The number of carbonyl (C=O) groups is 1. The number of carbonyl (C=O) groups excluding carboxylic acids is 1. The standard InChI is InChI=1S/C11H18N2O2/c1-5-15-11(14)9(8(2)3)10-12-6-7-13(10)4/h6-9H,5H2,1-4H3. The molecule has 1 rings (SSSR count). The Labute approximate surface area is 90.3 Å². The summed E-state index contributed by atoms with van der Waals surface area (Å²) in [6.07, 6.45) is 3.54. The van der Waals surface area contributed by atoms with Crippen molar-refractivity contribution >= 4 is 5.97 Å². The predicted molar refractivity (Wildman–Crippen MR) is 57.4 cm³/mol. The first-order valence-electron chi connectivity index (χ1n) is 5.21. The van der Waals surface area contributed by atoms with Crippen LogP contribution in [-0.2, 0) is 16.6 Å². The summed E-state index contributed by atoms with van der Waals surface area (Å²) in [5, 5.41) is 0. The van der Waals surface area contributed by atoms with Gasteiger partial charge in [0.15, 0.2) is 0 Å². The van der Waals surface area contributed by atoms with Crippen molar-refractivity contribution < 1.29 is 9.53 Å². The summed E-state index contributed by atoms with van der Waals surface area (Å²) in [4.78, 5) is 16.0. The molecule has 0 aliphatic rings. The first-order valence-corrected chi connectivity index (χ1v) is 5.21. The Balaban J connectivity index is 2.93. The van der Waals surface area contributed by atoms with E-state index < -0.39 is 0 Å². The van der Waals surface area contributed by atoms with Gasteiger partial charge in [0.1, 0.15) is 11.7 Å². The van der Waals surface area contributed by atoms with Gasteiger partial charge in [-0.05, 0) is 12.8 Å². The highest BCUT2D eigenvalue weighted by Crippen LogP contribution is 2.23. The van der Waals surface area contributed by atoms with Crippen LogP contribution in [0, 0.1) is 5.92 Å². The summed E-state index contributed by atoms with van der Waals surface area (Å²) in [5.74, 6) is 0.486. The molecule has 0 radical (unpaired) electrons. The monoisotopic (exact) mass is 210 g/mol. The quantitative estimate of drug-likeness (QED) is 0.711. The third-order valence-electron chi connectivity index (χ3n) is 2.34. The van der Waals surface area contributed by atoms with Gasteiger partial charge in [0, 0.05) is 19.4 Å². The van der Waals surface area contributed by atoms with E-state index in [9.17, 15) is 4.79 Å². The van der Waals surface area contributed by atoms with Crippen LogP contribution in [0.2, 0.25) is 0 Å². The maximum atomic E-state index is 11.8. The summed E-state index contributed by atoms with van der Waals surface area (Å²) in [6.45, 7) is 6.21. The van der Waals surface area contributed by atoms with Gasteiger partial charge in [0.2, 0.25) is 0 Å². The molecule has 0 bridgehead atoms. The van der Waals surface area contributed by atoms with Crippen LogP contribution in [0.3, 0.4) is 0 Å². The van der Waals surface area contributed by atoms with Crippen LogP contribution in [0.15, 0.2) is 12.4 Å². The highest BCUT2D eigenvalue weighted by atomic mass is 16.5. The number of esters is 1. The normalized spacial score (nSPS) is 12.9. The first kappa shape index (κ1) is 11.8. The lowest BCUT2D eigenvalue weighted by molar-refractivity contribution is -0.146. The highest BCUT2D eigenvalue weighted by molar-refractivity contribution is 5.77. The molecule has 84 valence electrons. The molecule has 4 heteroatoms. The number of aryl methyl sites for hydroxylation is 1. The predicted octanol–water partition coefficient (Wildman–Crippen LogP) is 1.72. The molecule has 1 aromatic rings. The van der Waals surface area contributed by atoms with Crippen LogP contribution in [0.1, 0.15) is 32.5 Å². The lowest BCUT2D eigenvalue weighted by Gasteiger charge is -2.18. The fourth-order valence-electron chi connectivity index (χ4n) is 1.58. The number of nitrogens with zero attached hydrogens (tertiary/aromatic N) is 2. The van der Waals surface area contributed by atoms with E-state index in [0.29, 0.717) is 6.61 Å². The molecule has 1 unspecified atom stereocenters. The molecule has 0 amide bonds. The van der Waals surface area contributed by atoms with Crippen LogP contribution < -0.4 is 0 Å². The van der Waals surface area contributed by atoms with E-state index in [1.165, 1.54) is 0 Å². The number of aromatic nitrogens is 2. The average Bonchev–Trinajstić information content (AvgIpc) is 2.52. The first-order chi connectivity index (χ1) is 7.07. The second kappa shape index (κ2) is 4.96. The van der Waals surface area contributed by atoms with Crippen molar-refractivity contribution in [2.75, 3.05) is 6.61 Å². The third-order valence-corrected chi connectivity index (χ3v) is 2.34. The Hall–Kier alpha value is -1.32. The Bertz CT molecular complexity index is 331. The van der Waals surface area contributed by atoms with Crippen LogP contribution in [-0.4, -0.2) is 22.1 Å². The minimum Gasteiger partial charge on any atom is -0.465 e. The van der Waals surface area contributed by atoms with Crippen molar-refractivity contribution in [1.29, 1.82) is 0 Å². The smallest absolute Gasteiger partial charge is 0.316 e. The molecule has 15 heavy (non-hydrogen) atoms. The zero-order chi connectivity index (χ0) is 11.4. The minimum atomic E-state index is -0.273. The van der Waals surface area contributed by atoms with E-state index in [4.69, 9.17) is 4.74 Å². The van der Waals surface area contributed by atoms with E-state index in [0.717, 1.165) is 5.82 Å². The molecular weight excluding hydrogens is 192 g/mol. The van der Waals surface area contributed by atoms with E-state index in [2.05, 4.69) is 4.98 Å². The number of hydrogen-bond donors (Lipinski definition) is 0. The van der Waals surface area contributed by atoms with Crippen molar-refractivity contribution in [3.63, 3.8) is 0 Å². The Kier molecular flexibility index (Phi) is 3.88. The van der Waals surface area contributed by atoms with E-state index in [1.807, 2.05) is 38.6 Å². The van der Waals surface area contributed by atoms with Crippen molar-refractivity contribution in [3.8, 4) is 0 Å². The molecule has 0 saturated carbocycles. The molecule has 0 spiro atoms. The fraction of sp³-hybridized carbons (Fsp3) is 0.636. The van der Waals surface area contributed by atoms with Gasteiger partial charge in [-0.15, -0.1) is 0 Å². The summed E-state index contributed by atoms with van der Waals surface area (Å²) >= 11 is 0. The van der Waals surface area contributed by atoms with Crippen LogP contribution >= 0.6 is 0 Å². The molecule has 0 saturated heterocycles. The molecule has 1 atom stereocenters. The largest absolute Gasteiger partial charge is 0.465 e. The van der Waals surface area contributed by atoms with Gasteiger partial charge < -0.3 is 9.30 Å². The molecule has 4 nitrogen and oxygen atoms in total. The van der Waals surface area contributed by atoms with Crippen LogP contribution in [0.25, 0.3) is 0 Å². The molecule has 0 aliphatic heterocycles. The summed E-state index contributed by atoms with van der Waals surface area (Å²) in [5.41, 5.74) is 0. The molecule has 1 aromatic heterocycles. The molecular formula is C11H18N2O2. The van der Waals surface area contributed by atoms with Crippen molar-refractivity contribution in [3.05, 3.63) is 18.2 Å². The molecule has 0 aromatic carbocycles. The molecule has 1 heterocycles. The van der Waals surface area contributed by atoms with Gasteiger partial charge in [-0.25, -0.2) is 4.98 Å². The van der Waals surface area contributed by atoms with Gasteiger partial charge in [0.25, 0.3) is 0 Å². The summed E-state index contributed by atoms with van der Waals surface area (Å²) < 4.78 is 6.91. The molecule has 0 fully saturated rings. The Morgan fingerprint density at radius 3 is 2.67 bits per heavy atom. The SMILES string of the molecule is CCOC(=O)C(c1nccn1C)C(C)C. The zero-order valence-corrected chi connectivity index (χ0v) is 9.73. The van der Waals surface area contributed by atoms with Crippen molar-refractivity contribution in [2.24, 2.45) is 13.0 Å². The fourth-order valence-corrected chi connectivity index (χ4v) is 1.58. The summed E-state index contributed by atoms with van der Waals surface area (Å²) in [7, 11) is 1.89. The van der Waals surface area contributed by atoms with Gasteiger partial charge in [0.05, 0.1) is 6.61 Å². The van der Waals surface area contributed by atoms with Gasteiger partial charge in [-0.2, -0.15) is 0 Å². The number of imidazole rings is 1. The zero-order valence-electron chi connectivity index (χ0n) is 9.73. The van der Waals surface area contributed by atoms with E-state index in [-0.39, 0.29) is 17.8 Å². The second-order valence-corrected chi connectivity index (χ2v) is 3.87. The van der Waals surface area contributed by atoms with Crippen molar-refractivity contribution in [1.82, 2.24) is 9.55 Å². The highest BCUT2D eigenvalue weighted by Gasteiger charge is 2.28. The lowest BCUT2D eigenvalue weighted by atomic mass is 9.95. The molecule has 0 N–H and O–H groups in total. The number of ether oxygens (including phenoxy) is 1. The minimum absolute atomic E-state index is 0.185. The van der Waals surface area contributed by atoms with E-state index in [1.54, 1.807) is 6.20 Å². The Morgan fingerprint density at radius 2 is 2.27 bits per heavy atom. The van der Waals surface area contributed by atoms with E-state index >= 15 is 0 Å². The molecule has 0 aliphatic carbocycles. The maximum Gasteiger partial charge on any atom is 0.316 e. The van der Waals surface area contributed by atoms with Gasteiger partial charge in [-0.1, -0.05) is 13.8 Å². The second-order valence-electron chi connectivity index (χ2n) is 3.87. The van der Waals surface area contributed by atoms with Gasteiger partial charge in [-0.3, -0.25) is 4.79 Å². The Morgan fingerprint density at radius 1 is 1.60 bits per heavy atom. The maximum absolute atomic E-state index is 11.8. The average molecular weight is 210 g/mol. The third kappa shape index (κ3) is 2.58. The van der Waals surface area contributed by atoms with Crippen molar-refractivity contribution in [2.45, 2.75) is 26.7 Å². The number of rotatable bonds is 4. The summed E-state index contributed by atoms with van der Waals surface area (Å²) in [6, 6.07) is 0. The topological polar surface area (TPSA) is 44.1 Å².